The van der Waals surface area contributed by atoms with Crippen LogP contribution in [0.2, 0.25) is 0 Å². The van der Waals surface area contributed by atoms with Crippen molar-refractivity contribution in [1.82, 2.24) is 9.80 Å². The predicted octanol–water partition coefficient (Wildman–Crippen LogP) is 0.798. The molecule has 3 amide bonds. The van der Waals surface area contributed by atoms with Crippen molar-refractivity contribution in [3.8, 4) is 0 Å². The first kappa shape index (κ1) is 14.9. The summed E-state index contributed by atoms with van der Waals surface area (Å²) >= 11 is 1.51. The summed E-state index contributed by atoms with van der Waals surface area (Å²) in [5.74, 6) is -2.43. The minimum Gasteiger partial charge on any atom is -0.480 e. The van der Waals surface area contributed by atoms with E-state index in [4.69, 9.17) is 0 Å². The zero-order chi connectivity index (χ0) is 17.7. The van der Waals surface area contributed by atoms with Gasteiger partial charge in [0.25, 0.3) is 17.7 Å². The van der Waals surface area contributed by atoms with E-state index in [1.165, 1.54) is 16.7 Å². The fourth-order valence-corrected chi connectivity index (χ4v) is 6.28. The van der Waals surface area contributed by atoms with Gasteiger partial charge in [-0.05, 0) is 18.6 Å². The van der Waals surface area contributed by atoms with Gasteiger partial charge < -0.3 is 10.0 Å². The molecule has 4 aliphatic rings. The number of amides is 3. The molecule has 25 heavy (non-hydrogen) atoms. The van der Waals surface area contributed by atoms with Crippen LogP contribution in [0, 0.1) is 5.41 Å². The molecule has 7 nitrogen and oxygen atoms in total. The van der Waals surface area contributed by atoms with E-state index in [-0.39, 0.29) is 5.25 Å². The van der Waals surface area contributed by atoms with Crippen LogP contribution in [0.15, 0.2) is 24.3 Å². The summed E-state index contributed by atoms with van der Waals surface area (Å²) in [6.07, 6.45) is 0.726. The fourth-order valence-electron chi connectivity index (χ4n) is 4.30. The number of carbonyl (C=O) groups excluding carboxylic acids is 3. The highest BCUT2D eigenvalue weighted by Gasteiger charge is 2.72. The lowest BCUT2D eigenvalue weighted by molar-refractivity contribution is -0.167. The molecule has 3 heterocycles. The van der Waals surface area contributed by atoms with E-state index in [1.54, 1.807) is 24.3 Å². The first-order chi connectivity index (χ1) is 11.9. The highest BCUT2D eigenvalue weighted by Crippen LogP contribution is 2.65. The Morgan fingerprint density at radius 3 is 2.36 bits per heavy atom. The Morgan fingerprint density at radius 1 is 1.20 bits per heavy atom. The van der Waals surface area contributed by atoms with Crippen molar-refractivity contribution >= 4 is 35.5 Å². The predicted molar refractivity (Wildman–Crippen MR) is 86.9 cm³/mol. The first-order valence-corrected chi connectivity index (χ1v) is 8.98. The lowest BCUT2D eigenvalue weighted by Crippen LogP contribution is -2.76. The maximum absolute atomic E-state index is 12.7. The molecule has 1 aliphatic carbocycles. The van der Waals surface area contributed by atoms with E-state index >= 15 is 0 Å². The fraction of sp³-hybridized carbons (Fsp3) is 0.412. The van der Waals surface area contributed by atoms with Gasteiger partial charge in [0.15, 0.2) is 0 Å². The summed E-state index contributed by atoms with van der Waals surface area (Å²) in [7, 11) is 0. The smallest absolute Gasteiger partial charge is 0.327 e. The second-order valence-electron chi connectivity index (χ2n) is 7.18. The Balaban J connectivity index is 1.50. The quantitative estimate of drug-likeness (QED) is 0.621. The summed E-state index contributed by atoms with van der Waals surface area (Å²) < 4.78 is 0. The Bertz CT molecular complexity index is 851. The van der Waals surface area contributed by atoms with Crippen LogP contribution in [0.3, 0.4) is 0 Å². The standard InChI is InChI=1S/C17H14N2O5S/c1-17-6-9(17)25-15-10(14(22)19(15)11(17)16(23)24)18-12(20)7-4-2-3-5-8(7)13(18)21/h2-5,9-11,15H,6H2,1H3,(H,23,24)/t9?,10?,11?,15-,17?/m1/s1. The number of aliphatic carboxylic acids is 1. The SMILES string of the molecule is CC12CC1S[C@@H]1C(N3C(=O)c4ccccc4C3=O)C(=O)N1C2C(=O)O. The van der Waals surface area contributed by atoms with E-state index in [2.05, 4.69) is 0 Å². The summed E-state index contributed by atoms with van der Waals surface area (Å²) in [4.78, 5) is 52.1. The number of fused-ring (bicyclic) bond motifs is 3. The van der Waals surface area contributed by atoms with Gasteiger partial charge in [-0.1, -0.05) is 19.1 Å². The third-order valence-electron chi connectivity index (χ3n) is 5.80. The number of carboxylic acids is 1. The van der Waals surface area contributed by atoms with Crippen LogP contribution in [0.1, 0.15) is 34.1 Å². The van der Waals surface area contributed by atoms with Crippen molar-refractivity contribution in [2.24, 2.45) is 5.41 Å². The van der Waals surface area contributed by atoms with Crippen molar-refractivity contribution < 1.29 is 24.3 Å². The highest BCUT2D eigenvalue weighted by molar-refractivity contribution is 8.01. The van der Waals surface area contributed by atoms with E-state index in [0.717, 1.165) is 11.3 Å². The molecule has 2 saturated heterocycles. The van der Waals surface area contributed by atoms with Crippen LogP contribution in [-0.4, -0.2) is 61.3 Å². The molecule has 0 radical (unpaired) electrons. The van der Waals surface area contributed by atoms with Gasteiger partial charge >= 0.3 is 5.97 Å². The Kier molecular flexibility index (Phi) is 2.65. The third-order valence-corrected chi connectivity index (χ3v) is 7.59. The second-order valence-corrected chi connectivity index (χ2v) is 8.51. The van der Waals surface area contributed by atoms with Gasteiger partial charge in [0.1, 0.15) is 17.5 Å². The molecule has 0 aromatic heterocycles. The Morgan fingerprint density at radius 2 is 1.80 bits per heavy atom. The van der Waals surface area contributed by atoms with Gasteiger partial charge in [0, 0.05) is 10.7 Å². The van der Waals surface area contributed by atoms with Crippen LogP contribution >= 0.6 is 11.8 Å². The molecular formula is C17H14N2O5S. The first-order valence-electron chi connectivity index (χ1n) is 8.03. The number of nitrogens with zero attached hydrogens (tertiary/aromatic N) is 2. The minimum absolute atomic E-state index is 0.139. The average Bonchev–Trinajstić information content (AvgIpc) is 3.20. The van der Waals surface area contributed by atoms with E-state index in [9.17, 15) is 24.3 Å². The molecule has 4 unspecified atom stereocenters. The molecular weight excluding hydrogens is 344 g/mol. The zero-order valence-electron chi connectivity index (χ0n) is 13.2. The van der Waals surface area contributed by atoms with Crippen LogP contribution < -0.4 is 0 Å². The number of hydrogen-bond acceptors (Lipinski definition) is 5. The number of β-lactam (4-membered cyclic amide) rings is 1. The summed E-state index contributed by atoms with van der Waals surface area (Å²) in [5.41, 5.74) is 0.173. The third kappa shape index (κ3) is 1.63. The molecule has 1 aromatic rings. The molecule has 5 rings (SSSR count). The van der Waals surface area contributed by atoms with Crippen LogP contribution in [0.4, 0.5) is 0 Å². The molecule has 0 bridgehead atoms. The van der Waals surface area contributed by atoms with Crippen molar-refractivity contribution in [3.63, 3.8) is 0 Å². The molecule has 0 spiro atoms. The topological polar surface area (TPSA) is 95.0 Å². The monoisotopic (exact) mass is 358 g/mol. The lowest BCUT2D eigenvalue weighted by atomic mass is 9.91. The van der Waals surface area contributed by atoms with Crippen molar-refractivity contribution in [3.05, 3.63) is 35.4 Å². The second kappa shape index (κ2) is 4.43. The van der Waals surface area contributed by atoms with Gasteiger partial charge in [-0.15, -0.1) is 11.8 Å². The summed E-state index contributed by atoms with van der Waals surface area (Å²) in [6.45, 7) is 1.88. The Hall–Kier alpha value is -2.35. The average molecular weight is 358 g/mol. The van der Waals surface area contributed by atoms with E-state index < -0.39 is 46.6 Å². The van der Waals surface area contributed by atoms with E-state index in [1.807, 2.05) is 6.92 Å². The maximum Gasteiger partial charge on any atom is 0.327 e. The summed E-state index contributed by atoms with van der Waals surface area (Å²) in [6, 6.07) is 4.69. The van der Waals surface area contributed by atoms with Gasteiger partial charge in [-0.2, -0.15) is 0 Å². The van der Waals surface area contributed by atoms with Gasteiger partial charge in [0.05, 0.1) is 11.1 Å². The minimum atomic E-state index is -1.02. The van der Waals surface area contributed by atoms with Gasteiger partial charge in [-0.25, -0.2) is 4.79 Å². The molecule has 1 aromatic carbocycles. The van der Waals surface area contributed by atoms with Crippen LogP contribution in [0.5, 0.6) is 0 Å². The molecule has 3 aliphatic heterocycles. The highest BCUT2D eigenvalue weighted by atomic mass is 32.2. The summed E-state index contributed by atoms with van der Waals surface area (Å²) in [5, 5.41) is 9.25. The van der Waals surface area contributed by atoms with Gasteiger partial charge in [0.2, 0.25) is 0 Å². The Labute approximate surface area is 147 Å². The molecule has 8 heteroatoms. The van der Waals surface area contributed by atoms with Crippen molar-refractivity contribution in [1.29, 1.82) is 0 Å². The molecule has 3 fully saturated rings. The van der Waals surface area contributed by atoms with Crippen LogP contribution in [-0.2, 0) is 9.59 Å². The number of carboxylic acid groups (broad SMARTS) is 1. The number of imide groups is 1. The number of carbonyl (C=O) groups is 4. The van der Waals surface area contributed by atoms with Gasteiger partial charge in [-0.3, -0.25) is 19.3 Å². The molecule has 1 saturated carbocycles. The molecule has 5 atom stereocenters. The molecule has 1 N–H and O–H groups in total. The van der Waals surface area contributed by atoms with Crippen molar-refractivity contribution in [2.75, 3.05) is 0 Å². The number of benzene rings is 1. The zero-order valence-corrected chi connectivity index (χ0v) is 14.0. The largest absolute Gasteiger partial charge is 0.480 e. The molecule has 128 valence electrons. The number of thioether (sulfide) groups is 1. The number of rotatable bonds is 2. The normalized spacial score (nSPS) is 38.0. The number of hydrogen-bond donors (Lipinski definition) is 1. The maximum atomic E-state index is 12.7. The van der Waals surface area contributed by atoms with Crippen LogP contribution in [0.25, 0.3) is 0 Å². The van der Waals surface area contributed by atoms with Crippen molar-refractivity contribution in [2.45, 2.75) is 36.1 Å². The van der Waals surface area contributed by atoms with E-state index in [0.29, 0.717) is 11.1 Å². The lowest BCUT2D eigenvalue weighted by Gasteiger charge is -2.55.